The van der Waals surface area contributed by atoms with Gasteiger partial charge in [-0.15, -0.1) is 0 Å². The molecule has 0 radical (unpaired) electrons. The average Bonchev–Trinajstić information content (AvgIpc) is 2.55. The molecule has 7 nitrogen and oxygen atoms in total. The SMILES string of the molecule is CCCC(NC(=O)C1CCN(c2cnccn2)CC1)C(=O)O. The molecule has 1 unspecified atom stereocenters. The van der Waals surface area contributed by atoms with Crippen molar-refractivity contribution in [3.05, 3.63) is 18.6 Å². The molecule has 1 atom stereocenters. The Morgan fingerprint density at radius 2 is 2.14 bits per heavy atom. The first kappa shape index (κ1) is 16.2. The van der Waals surface area contributed by atoms with Crippen LogP contribution < -0.4 is 10.2 Å². The molecule has 1 saturated heterocycles. The van der Waals surface area contributed by atoms with Gasteiger partial charge in [0.2, 0.25) is 5.91 Å². The molecule has 120 valence electrons. The highest BCUT2D eigenvalue weighted by Gasteiger charge is 2.28. The van der Waals surface area contributed by atoms with Gasteiger partial charge in [0.15, 0.2) is 0 Å². The van der Waals surface area contributed by atoms with Crippen molar-refractivity contribution in [2.75, 3.05) is 18.0 Å². The number of carbonyl (C=O) groups excluding carboxylic acids is 1. The maximum atomic E-state index is 12.2. The number of piperidine rings is 1. The summed E-state index contributed by atoms with van der Waals surface area (Å²) in [6.45, 7) is 3.35. The molecule has 0 bridgehead atoms. The van der Waals surface area contributed by atoms with Crippen LogP contribution in [0.25, 0.3) is 0 Å². The molecule has 2 N–H and O–H groups in total. The van der Waals surface area contributed by atoms with Crippen LogP contribution in [-0.2, 0) is 9.59 Å². The molecule has 1 amide bonds. The number of carboxylic acid groups (broad SMARTS) is 1. The van der Waals surface area contributed by atoms with Crippen molar-refractivity contribution >= 4 is 17.7 Å². The molecule has 2 heterocycles. The fourth-order valence-electron chi connectivity index (χ4n) is 2.66. The lowest BCUT2D eigenvalue weighted by Crippen LogP contribution is -2.46. The molecule has 0 spiro atoms. The molecule has 1 aliphatic heterocycles. The van der Waals surface area contributed by atoms with E-state index >= 15 is 0 Å². The summed E-state index contributed by atoms with van der Waals surface area (Å²) in [5, 5.41) is 11.8. The molecule has 22 heavy (non-hydrogen) atoms. The first-order valence-electron chi connectivity index (χ1n) is 7.66. The van der Waals surface area contributed by atoms with E-state index in [1.54, 1.807) is 18.6 Å². The van der Waals surface area contributed by atoms with E-state index in [1.165, 1.54) is 0 Å². The van der Waals surface area contributed by atoms with Gasteiger partial charge >= 0.3 is 5.97 Å². The number of aliphatic carboxylic acids is 1. The minimum absolute atomic E-state index is 0.133. The monoisotopic (exact) mass is 306 g/mol. The van der Waals surface area contributed by atoms with E-state index in [-0.39, 0.29) is 11.8 Å². The molecule has 1 fully saturated rings. The van der Waals surface area contributed by atoms with Crippen LogP contribution in [0.2, 0.25) is 0 Å². The van der Waals surface area contributed by atoms with Crippen molar-refractivity contribution in [2.45, 2.75) is 38.6 Å². The molecule has 0 saturated carbocycles. The Kier molecular flexibility index (Phi) is 5.68. The molecular formula is C15H22N4O3. The largest absolute Gasteiger partial charge is 0.480 e. The van der Waals surface area contributed by atoms with Crippen LogP contribution in [0.3, 0.4) is 0 Å². The van der Waals surface area contributed by atoms with Crippen LogP contribution in [0, 0.1) is 5.92 Å². The quantitative estimate of drug-likeness (QED) is 0.816. The minimum Gasteiger partial charge on any atom is -0.480 e. The van der Waals surface area contributed by atoms with Gasteiger partial charge in [0.05, 0.1) is 6.20 Å². The number of anilines is 1. The highest BCUT2D eigenvalue weighted by molar-refractivity contribution is 5.85. The Labute approximate surface area is 129 Å². The van der Waals surface area contributed by atoms with Gasteiger partial charge < -0.3 is 15.3 Å². The molecule has 2 rings (SSSR count). The van der Waals surface area contributed by atoms with E-state index in [0.717, 1.165) is 25.3 Å². The summed E-state index contributed by atoms with van der Waals surface area (Å²) in [6, 6.07) is -0.782. The van der Waals surface area contributed by atoms with Crippen LogP contribution in [0.1, 0.15) is 32.6 Å². The molecular weight excluding hydrogens is 284 g/mol. The van der Waals surface area contributed by atoms with Crippen molar-refractivity contribution in [1.29, 1.82) is 0 Å². The lowest BCUT2D eigenvalue weighted by Gasteiger charge is -2.32. The molecule has 0 aromatic carbocycles. The van der Waals surface area contributed by atoms with Crippen molar-refractivity contribution in [1.82, 2.24) is 15.3 Å². The number of rotatable bonds is 6. The van der Waals surface area contributed by atoms with Gasteiger partial charge in [-0.05, 0) is 19.3 Å². The lowest BCUT2D eigenvalue weighted by molar-refractivity contribution is -0.142. The number of carboxylic acids is 1. The third-order valence-corrected chi connectivity index (χ3v) is 3.93. The number of hydrogen-bond acceptors (Lipinski definition) is 5. The van der Waals surface area contributed by atoms with Gasteiger partial charge in [0.1, 0.15) is 11.9 Å². The first-order valence-corrected chi connectivity index (χ1v) is 7.66. The normalized spacial score (nSPS) is 17.0. The number of carbonyl (C=O) groups is 2. The Hall–Kier alpha value is -2.18. The van der Waals surface area contributed by atoms with Crippen LogP contribution >= 0.6 is 0 Å². The maximum Gasteiger partial charge on any atom is 0.326 e. The minimum atomic E-state index is -0.966. The van der Waals surface area contributed by atoms with E-state index in [0.29, 0.717) is 19.3 Å². The zero-order valence-corrected chi connectivity index (χ0v) is 12.7. The van der Waals surface area contributed by atoms with E-state index in [1.807, 2.05) is 6.92 Å². The molecule has 0 aliphatic carbocycles. The smallest absolute Gasteiger partial charge is 0.326 e. The van der Waals surface area contributed by atoms with Crippen LogP contribution in [0.15, 0.2) is 18.6 Å². The Bertz CT molecular complexity index is 501. The van der Waals surface area contributed by atoms with E-state index < -0.39 is 12.0 Å². The summed E-state index contributed by atoms with van der Waals surface area (Å²) in [4.78, 5) is 33.7. The summed E-state index contributed by atoms with van der Waals surface area (Å²) in [6.07, 6.45) is 7.56. The van der Waals surface area contributed by atoms with Crippen molar-refractivity contribution < 1.29 is 14.7 Å². The molecule has 1 aliphatic rings. The van der Waals surface area contributed by atoms with Gasteiger partial charge in [-0.2, -0.15) is 0 Å². The number of hydrogen-bond donors (Lipinski definition) is 2. The van der Waals surface area contributed by atoms with Gasteiger partial charge in [0.25, 0.3) is 0 Å². The Morgan fingerprint density at radius 3 is 2.68 bits per heavy atom. The fourth-order valence-corrected chi connectivity index (χ4v) is 2.66. The number of nitrogens with one attached hydrogen (secondary N) is 1. The summed E-state index contributed by atoms with van der Waals surface area (Å²) in [7, 11) is 0. The number of nitrogens with zero attached hydrogens (tertiary/aromatic N) is 3. The van der Waals surface area contributed by atoms with Crippen LogP contribution in [0.4, 0.5) is 5.82 Å². The highest BCUT2D eigenvalue weighted by Crippen LogP contribution is 2.21. The predicted molar refractivity (Wildman–Crippen MR) is 81.4 cm³/mol. The Balaban J connectivity index is 1.85. The van der Waals surface area contributed by atoms with Crippen molar-refractivity contribution in [2.24, 2.45) is 5.92 Å². The average molecular weight is 306 g/mol. The second kappa shape index (κ2) is 7.72. The van der Waals surface area contributed by atoms with E-state index in [2.05, 4.69) is 20.2 Å². The number of amides is 1. The zero-order valence-electron chi connectivity index (χ0n) is 12.7. The van der Waals surface area contributed by atoms with E-state index in [9.17, 15) is 9.59 Å². The zero-order chi connectivity index (χ0) is 15.9. The summed E-state index contributed by atoms with van der Waals surface area (Å²) >= 11 is 0. The van der Waals surface area contributed by atoms with Crippen molar-refractivity contribution in [3.8, 4) is 0 Å². The third kappa shape index (κ3) is 4.16. The summed E-state index contributed by atoms with van der Waals surface area (Å²) in [5.41, 5.74) is 0. The lowest BCUT2D eigenvalue weighted by atomic mass is 9.95. The summed E-state index contributed by atoms with van der Waals surface area (Å²) in [5.74, 6) is -0.436. The standard InChI is InChI=1S/C15H22N4O3/c1-2-3-12(15(21)22)18-14(20)11-4-8-19(9-5-11)13-10-16-6-7-17-13/h6-7,10-12H,2-5,8-9H2,1H3,(H,18,20)(H,21,22). The topological polar surface area (TPSA) is 95.4 Å². The van der Waals surface area contributed by atoms with Crippen LogP contribution in [-0.4, -0.2) is 46.1 Å². The maximum absolute atomic E-state index is 12.2. The first-order chi connectivity index (χ1) is 10.6. The molecule has 1 aromatic heterocycles. The second-order valence-corrected chi connectivity index (χ2v) is 5.51. The van der Waals surface area contributed by atoms with Gasteiger partial charge in [-0.3, -0.25) is 9.78 Å². The third-order valence-electron chi connectivity index (χ3n) is 3.93. The Morgan fingerprint density at radius 1 is 1.41 bits per heavy atom. The van der Waals surface area contributed by atoms with Gasteiger partial charge in [0, 0.05) is 31.4 Å². The van der Waals surface area contributed by atoms with Crippen molar-refractivity contribution in [3.63, 3.8) is 0 Å². The molecule has 1 aromatic rings. The second-order valence-electron chi connectivity index (χ2n) is 5.51. The highest BCUT2D eigenvalue weighted by atomic mass is 16.4. The van der Waals surface area contributed by atoms with Crippen LogP contribution in [0.5, 0.6) is 0 Å². The van der Waals surface area contributed by atoms with Gasteiger partial charge in [-0.25, -0.2) is 9.78 Å². The van der Waals surface area contributed by atoms with E-state index in [4.69, 9.17) is 5.11 Å². The number of aromatic nitrogens is 2. The predicted octanol–water partition coefficient (Wildman–Crippen LogP) is 1.06. The molecule has 7 heteroatoms. The fraction of sp³-hybridized carbons (Fsp3) is 0.600. The summed E-state index contributed by atoms with van der Waals surface area (Å²) < 4.78 is 0. The van der Waals surface area contributed by atoms with Gasteiger partial charge in [-0.1, -0.05) is 13.3 Å².